The second-order valence-corrected chi connectivity index (χ2v) is 4.14. The number of nitrogens with zero attached hydrogens (tertiary/aromatic N) is 1. The molecule has 0 aliphatic carbocycles. The van der Waals surface area contributed by atoms with Crippen molar-refractivity contribution in [2.45, 2.75) is 6.10 Å². The van der Waals surface area contributed by atoms with E-state index in [0.29, 0.717) is 10.0 Å². The monoisotopic (exact) mass is 285 g/mol. The molecule has 1 aromatic carbocycles. The van der Waals surface area contributed by atoms with E-state index in [1.165, 1.54) is 12.3 Å². The molecule has 1 aromatic heterocycles. The van der Waals surface area contributed by atoms with Crippen molar-refractivity contribution in [3.63, 3.8) is 0 Å². The number of benzene rings is 1. The van der Waals surface area contributed by atoms with Crippen molar-refractivity contribution in [1.29, 1.82) is 0 Å². The van der Waals surface area contributed by atoms with Crippen LogP contribution in [0.1, 0.15) is 17.2 Å². The lowest BCUT2D eigenvalue weighted by atomic mass is 10.0. The summed E-state index contributed by atoms with van der Waals surface area (Å²) in [6, 6.07) is 4.70. The summed E-state index contributed by atoms with van der Waals surface area (Å²) >= 11 is 3.06. The third-order valence-electron chi connectivity index (χ3n) is 2.27. The number of anilines is 1. The van der Waals surface area contributed by atoms with Crippen LogP contribution < -0.4 is 5.73 Å². The number of aliphatic hydroxyl groups excluding tert-OH is 1. The maximum absolute atomic E-state index is 13.7. The number of nitrogens with two attached hydrogens (primary N) is 1. The highest BCUT2D eigenvalue weighted by atomic mass is 79.9. The topological polar surface area (TPSA) is 74.9 Å². The van der Waals surface area contributed by atoms with Crippen molar-refractivity contribution >= 4 is 21.7 Å². The highest BCUT2D eigenvalue weighted by molar-refractivity contribution is 9.10. The van der Waals surface area contributed by atoms with Crippen LogP contribution in [0.2, 0.25) is 0 Å². The molecule has 6 heteroatoms. The minimum Gasteiger partial charge on any atom is -0.384 e. The van der Waals surface area contributed by atoms with Gasteiger partial charge >= 0.3 is 0 Å². The Morgan fingerprint density at radius 1 is 1.44 bits per heavy atom. The van der Waals surface area contributed by atoms with Gasteiger partial charge in [0.25, 0.3) is 0 Å². The summed E-state index contributed by atoms with van der Waals surface area (Å²) in [4.78, 5) is 0. The van der Waals surface area contributed by atoms with Gasteiger partial charge in [0.1, 0.15) is 17.7 Å². The Morgan fingerprint density at radius 3 is 2.81 bits per heavy atom. The molecular formula is C10H9BrFN3O. The Kier molecular flexibility index (Phi) is 2.93. The number of nitrogens with one attached hydrogen (secondary N) is 1. The summed E-state index contributed by atoms with van der Waals surface area (Å²) in [6.07, 6.45) is 0.247. The first-order valence-electron chi connectivity index (χ1n) is 4.52. The number of rotatable bonds is 2. The molecule has 0 bridgehead atoms. The molecule has 0 fully saturated rings. The van der Waals surface area contributed by atoms with Gasteiger partial charge in [-0.25, -0.2) is 4.39 Å². The summed E-state index contributed by atoms with van der Waals surface area (Å²) in [7, 11) is 0. The van der Waals surface area contributed by atoms with Crippen LogP contribution in [0.4, 0.5) is 10.2 Å². The van der Waals surface area contributed by atoms with Crippen LogP contribution in [0.3, 0.4) is 0 Å². The van der Waals surface area contributed by atoms with E-state index in [-0.39, 0.29) is 11.4 Å². The van der Waals surface area contributed by atoms with Crippen LogP contribution in [0.15, 0.2) is 28.9 Å². The summed E-state index contributed by atoms with van der Waals surface area (Å²) in [5.41, 5.74) is 6.07. The van der Waals surface area contributed by atoms with Crippen LogP contribution in [0, 0.1) is 5.82 Å². The van der Waals surface area contributed by atoms with Gasteiger partial charge in [0.05, 0.1) is 10.7 Å². The smallest absolute Gasteiger partial charge is 0.143 e. The van der Waals surface area contributed by atoms with E-state index in [4.69, 9.17) is 5.73 Å². The fourth-order valence-corrected chi connectivity index (χ4v) is 1.80. The first-order chi connectivity index (χ1) is 7.61. The first-order valence-corrected chi connectivity index (χ1v) is 5.31. The molecule has 0 aliphatic heterocycles. The molecule has 1 heterocycles. The van der Waals surface area contributed by atoms with E-state index in [1.54, 1.807) is 12.1 Å². The molecule has 0 aliphatic rings. The number of nitrogen functional groups attached to an aromatic ring is 1. The van der Waals surface area contributed by atoms with E-state index >= 15 is 0 Å². The summed E-state index contributed by atoms with van der Waals surface area (Å²) < 4.78 is 14.0. The van der Waals surface area contributed by atoms with Crippen LogP contribution >= 0.6 is 15.9 Å². The summed E-state index contributed by atoms with van der Waals surface area (Å²) in [5.74, 6) is -0.275. The van der Waals surface area contributed by atoms with Gasteiger partial charge in [-0.1, -0.05) is 12.1 Å². The fourth-order valence-electron chi connectivity index (χ4n) is 1.42. The predicted molar refractivity (Wildman–Crippen MR) is 61.2 cm³/mol. The largest absolute Gasteiger partial charge is 0.384 e. The Balaban J connectivity index is 2.46. The van der Waals surface area contributed by atoms with Gasteiger partial charge in [-0.05, 0) is 22.0 Å². The standard InChI is InChI=1S/C10H9BrFN3O/c11-7-3-1-2-5(8(7)12)9(16)6-4-14-15-10(6)13/h1-4,9,16H,(H3,13,14,15). The van der Waals surface area contributed by atoms with Crippen molar-refractivity contribution in [2.24, 2.45) is 0 Å². The molecule has 0 radical (unpaired) electrons. The van der Waals surface area contributed by atoms with Gasteiger partial charge in [-0.2, -0.15) is 5.10 Å². The molecule has 4 N–H and O–H groups in total. The van der Waals surface area contributed by atoms with Gasteiger partial charge in [-0.3, -0.25) is 5.10 Å². The second-order valence-electron chi connectivity index (χ2n) is 3.28. The molecular weight excluding hydrogens is 277 g/mol. The number of hydrogen-bond donors (Lipinski definition) is 3. The molecule has 2 aromatic rings. The highest BCUT2D eigenvalue weighted by Crippen LogP contribution is 2.29. The Labute approximate surface area is 99.4 Å². The lowest BCUT2D eigenvalue weighted by Gasteiger charge is -2.11. The first kappa shape index (κ1) is 11.1. The number of aromatic amines is 1. The SMILES string of the molecule is Nc1[nH]ncc1C(O)c1cccc(Br)c1F. The van der Waals surface area contributed by atoms with E-state index in [1.807, 2.05) is 0 Å². The zero-order valence-corrected chi connectivity index (χ0v) is 9.70. The van der Waals surface area contributed by atoms with Gasteiger partial charge in [0.15, 0.2) is 0 Å². The predicted octanol–water partition coefficient (Wildman–Crippen LogP) is 1.98. The van der Waals surface area contributed by atoms with Crippen LogP contribution in [-0.2, 0) is 0 Å². The number of H-pyrrole nitrogens is 1. The Morgan fingerprint density at radius 2 is 2.19 bits per heavy atom. The molecule has 1 unspecified atom stereocenters. The minimum atomic E-state index is -1.13. The molecule has 2 rings (SSSR count). The van der Waals surface area contributed by atoms with Crippen LogP contribution in [0.5, 0.6) is 0 Å². The van der Waals surface area contributed by atoms with Crippen molar-refractivity contribution < 1.29 is 9.50 Å². The van der Waals surface area contributed by atoms with Crippen molar-refractivity contribution in [3.8, 4) is 0 Å². The summed E-state index contributed by atoms with van der Waals surface area (Å²) in [5, 5.41) is 16.1. The lowest BCUT2D eigenvalue weighted by molar-refractivity contribution is 0.215. The molecule has 4 nitrogen and oxygen atoms in total. The maximum atomic E-state index is 13.7. The maximum Gasteiger partial charge on any atom is 0.143 e. The van der Waals surface area contributed by atoms with Gasteiger partial charge in [0.2, 0.25) is 0 Å². The zero-order valence-electron chi connectivity index (χ0n) is 8.11. The molecule has 0 saturated carbocycles. The molecule has 84 valence electrons. The molecule has 1 atom stereocenters. The van der Waals surface area contributed by atoms with Crippen molar-refractivity contribution in [1.82, 2.24) is 10.2 Å². The van der Waals surface area contributed by atoms with Gasteiger partial charge in [0, 0.05) is 11.1 Å². The normalized spacial score (nSPS) is 12.7. The number of hydrogen-bond acceptors (Lipinski definition) is 3. The van der Waals surface area contributed by atoms with E-state index in [2.05, 4.69) is 26.1 Å². The van der Waals surface area contributed by atoms with Crippen molar-refractivity contribution in [3.05, 3.63) is 45.8 Å². The molecule has 16 heavy (non-hydrogen) atoms. The highest BCUT2D eigenvalue weighted by Gasteiger charge is 2.19. The molecule has 0 amide bonds. The molecule has 0 spiro atoms. The minimum absolute atomic E-state index is 0.155. The number of halogens is 2. The van der Waals surface area contributed by atoms with Gasteiger partial charge in [-0.15, -0.1) is 0 Å². The lowest BCUT2D eigenvalue weighted by Crippen LogP contribution is -2.04. The fraction of sp³-hybridized carbons (Fsp3) is 0.100. The average molecular weight is 286 g/mol. The Hall–Kier alpha value is -1.40. The summed E-state index contributed by atoms with van der Waals surface area (Å²) in [6.45, 7) is 0. The quantitative estimate of drug-likeness (QED) is 0.790. The third-order valence-corrected chi connectivity index (χ3v) is 2.88. The van der Waals surface area contributed by atoms with E-state index in [9.17, 15) is 9.50 Å². The Bertz CT molecular complexity index is 515. The van der Waals surface area contributed by atoms with E-state index in [0.717, 1.165) is 0 Å². The average Bonchev–Trinajstić information content (AvgIpc) is 2.68. The third kappa shape index (κ3) is 1.81. The van der Waals surface area contributed by atoms with Crippen molar-refractivity contribution in [2.75, 3.05) is 5.73 Å². The van der Waals surface area contributed by atoms with Crippen LogP contribution in [0.25, 0.3) is 0 Å². The van der Waals surface area contributed by atoms with E-state index < -0.39 is 11.9 Å². The zero-order chi connectivity index (χ0) is 11.7. The number of aromatic nitrogens is 2. The number of aliphatic hydroxyl groups is 1. The molecule has 0 saturated heterocycles. The van der Waals surface area contributed by atoms with Crippen LogP contribution in [-0.4, -0.2) is 15.3 Å². The van der Waals surface area contributed by atoms with Gasteiger partial charge < -0.3 is 10.8 Å². The second kappa shape index (κ2) is 4.23.